The molecule has 2 aliphatic rings. The fourth-order valence-electron chi connectivity index (χ4n) is 2.59. The maximum atomic E-state index is 12.4. The maximum Gasteiger partial charge on any atom is 0.326 e. The molecular weight excluding hydrogens is 298 g/mol. The summed E-state index contributed by atoms with van der Waals surface area (Å²) in [6, 6.07) is -1.11. The van der Waals surface area contributed by atoms with Crippen molar-refractivity contribution in [2.24, 2.45) is 0 Å². The van der Waals surface area contributed by atoms with E-state index in [0.717, 1.165) is 10.7 Å². The molecule has 2 atom stereocenters. The number of carbonyl (C=O) groups excluding carboxylic acids is 1. The van der Waals surface area contributed by atoms with E-state index in [0.29, 0.717) is 11.7 Å². The van der Waals surface area contributed by atoms with E-state index in [-0.39, 0.29) is 18.5 Å². The lowest BCUT2D eigenvalue weighted by Crippen LogP contribution is -2.43. The van der Waals surface area contributed by atoms with Gasteiger partial charge in [-0.05, 0) is 0 Å². The molecule has 21 heavy (non-hydrogen) atoms. The van der Waals surface area contributed by atoms with Crippen LogP contribution in [0.15, 0.2) is 16.1 Å². The molecule has 0 aromatic carbocycles. The van der Waals surface area contributed by atoms with Crippen molar-refractivity contribution in [1.82, 2.24) is 14.5 Å². The first-order valence-electron chi connectivity index (χ1n) is 6.43. The molecular formula is C12H13N3O5S. The number of aliphatic hydroxyl groups is 1. The number of β-amino-alcohol motifs (C(OH)–C–C–N with tert-alkyl or cyclic N) is 1. The molecule has 3 rings (SSSR count). The lowest BCUT2D eigenvalue weighted by molar-refractivity contribution is -0.141. The molecule has 0 spiro atoms. The van der Waals surface area contributed by atoms with Crippen molar-refractivity contribution in [3.63, 3.8) is 0 Å². The second-order valence-corrected chi connectivity index (χ2v) is 6.02. The van der Waals surface area contributed by atoms with Crippen molar-refractivity contribution < 1.29 is 19.8 Å². The summed E-state index contributed by atoms with van der Waals surface area (Å²) in [5.41, 5.74) is -0.609. The molecule has 2 aliphatic heterocycles. The molecule has 0 saturated carbocycles. The number of hydrogen-bond acceptors (Lipinski definition) is 6. The molecule has 112 valence electrons. The van der Waals surface area contributed by atoms with E-state index in [1.807, 2.05) is 0 Å². The van der Waals surface area contributed by atoms with Crippen LogP contribution in [0.2, 0.25) is 0 Å². The quantitative estimate of drug-likeness (QED) is 0.674. The number of hydrogen-bond donors (Lipinski definition) is 2. The molecule has 9 heteroatoms. The van der Waals surface area contributed by atoms with Gasteiger partial charge in [0.15, 0.2) is 5.16 Å². The van der Waals surface area contributed by atoms with Crippen LogP contribution in [0.4, 0.5) is 0 Å². The largest absolute Gasteiger partial charge is 0.480 e. The van der Waals surface area contributed by atoms with Crippen molar-refractivity contribution in [2.45, 2.75) is 30.3 Å². The van der Waals surface area contributed by atoms with Gasteiger partial charge in [0.25, 0.3) is 11.5 Å². The highest BCUT2D eigenvalue weighted by Crippen LogP contribution is 2.23. The third kappa shape index (κ3) is 2.32. The molecule has 3 heterocycles. The third-order valence-corrected chi connectivity index (χ3v) is 4.58. The Morgan fingerprint density at radius 1 is 1.43 bits per heavy atom. The zero-order chi connectivity index (χ0) is 15.1. The fourth-order valence-corrected chi connectivity index (χ4v) is 3.51. The Labute approximate surface area is 123 Å². The minimum atomic E-state index is -1.19. The lowest BCUT2D eigenvalue weighted by atomic mass is 10.2. The molecule has 1 aromatic heterocycles. The molecule has 0 unspecified atom stereocenters. The Balaban J connectivity index is 1.96. The van der Waals surface area contributed by atoms with Crippen LogP contribution in [0.5, 0.6) is 0 Å². The van der Waals surface area contributed by atoms with E-state index < -0.39 is 29.6 Å². The van der Waals surface area contributed by atoms with Crippen molar-refractivity contribution >= 4 is 23.6 Å². The Morgan fingerprint density at radius 2 is 2.19 bits per heavy atom. The monoisotopic (exact) mass is 311 g/mol. The first kappa shape index (κ1) is 14.1. The molecule has 2 N–H and O–H groups in total. The number of fused-ring (bicyclic) bond motifs is 1. The minimum Gasteiger partial charge on any atom is -0.480 e. The van der Waals surface area contributed by atoms with Gasteiger partial charge >= 0.3 is 5.97 Å². The lowest BCUT2D eigenvalue weighted by Gasteiger charge is -2.20. The molecule has 1 fully saturated rings. The number of amides is 1. The number of thioether (sulfide) groups is 1. The predicted octanol–water partition coefficient (Wildman–Crippen LogP) is -0.991. The zero-order valence-corrected chi connectivity index (χ0v) is 11.7. The van der Waals surface area contributed by atoms with E-state index >= 15 is 0 Å². The summed E-state index contributed by atoms with van der Waals surface area (Å²) >= 11 is 1.43. The van der Waals surface area contributed by atoms with Gasteiger partial charge in [-0.2, -0.15) is 0 Å². The summed E-state index contributed by atoms with van der Waals surface area (Å²) in [6.07, 6.45) is 0.269. The van der Waals surface area contributed by atoms with Crippen LogP contribution in [0.1, 0.15) is 16.8 Å². The van der Waals surface area contributed by atoms with Gasteiger partial charge in [-0.25, -0.2) is 9.78 Å². The number of carboxylic acids is 1. The van der Waals surface area contributed by atoms with E-state index in [2.05, 4.69) is 4.98 Å². The van der Waals surface area contributed by atoms with Crippen molar-refractivity contribution in [1.29, 1.82) is 0 Å². The van der Waals surface area contributed by atoms with Gasteiger partial charge in [0.1, 0.15) is 11.6 Å². The van der Waals surface area contributed by atoms with Crippen molar-refractivity contribution in [3.8, 4) is 0 Å². The zero-order valence-electron chi connectivity index (χ0n) is 10.9. The van der Waals surface area contributed by atoms with E-state index in [1.165, 1.54) is 22.5 Å². The van der Waals surface area contributed by atoms with E-state index in [9.17, 15) is 19.5 Å². The molecule has 8 nitrogen and oxygen atoms in total. The average molecular weight is 311 g/mol. The summed E-state index contributed by atoms with van der Waals surface area (Å²) < 4.78 is 1.42. The molecule has 1 saturated heterocycles. The highest BCUT2D eigenvalue weighted by atomic mass is 32.2. The van der Waals surface area contributed by atoms with Gasteiger partial charge in [0, 0.05) is 31.5 Å². The first-order valence-corrected chi connectivity index (χ1v) is 7.42. The SMILES string of the molecule is O=C(O)[C@@H]1C[C@H](O)CN1C(=O)c1cnc2n(c1=O)CCS2. The van der Waals surface area contributed by atoms with Crippen molar-refractivity contribution in [2.75, 3.05) is 12.3 Å². The number of carbonyl (C=O) groups is 2. The van der Waals surface area contributed by atoms with Crippen LogP contribution in [-0.4, -0.2) is 61.0 Å². The fraction of sp³-hybridized carbons (Fsp3) is 0.500. The van der Waals surface area contributed by atoms with Crippen LogP contribution in [-0.2, 0) is 11.3 Å². The van der Waals surface area contributed by atoms with Gasteiger partial charge in [-0.3, -0.25) is 14.2 Å². The second-order valence-electron chi connectivity index (χ2n) is 4.96. The van der Waals surface area contributed by atoms with Gasteiger partial charge in [0.05, 0.1) is 6.10 Å². The first-order chi connectivity index (χ1) is 9.99. The Morgan fingerprint density at radius 3 is 2.90 bits per heavy atom. The number of likely N-dealkylation sites (tertiary alicyclic amines) is 1. The van der Waals surface area contributed by atoms with Gasteiger partial charge in [-0.15, -0.1) is 0 Å². The van der Waals surface area contributed by atoms with E-state index in [4.69, 9.17) is 5.11 Å². The maximum absolute atomic E-state index is 12.4. The standard InChI is InChI=1S/C12H13N3O5S/c16-6-3-8(11(19)20)15(5-6)10(18)7-4-13-12-14(9(7)17)1-2-21-12/h4,6,8,16H,1-3,5H2,(H,19,20)/t6-,8-/m0/s1. The topological polar surface area (TPSA) is 113 Å². The van der Waals surface area contributed by atoms with E-state index in [1.54, 1.807) is 0 Å². The normalized spacial score (nSPS) is 24.1. The van der Waals surface area contributed by atoms with Gasteiger partial charge < -0.3 is 15.1 Å². The molecule has 1 amide bonds. The molecule has 0 aliphatic carbocycles. The summed E-state index contributed by atoms with van der Waals surface area (Å²) in [4.78, 5) is 40.9. The highest BCUT2D eigenvalue weighted by Gasteiger charge is 2.40. The van der Waals surface area contributed by atoms with Crippen LogP contribution < -0.4 is 5.56 Å². The average Bonchev–Trinajstić information content (AvgIpc) is 3.05. The highest BCUT2D eigenvalue weighted by molar-refractivity contribution is 7.99. The molecule has 1 aromatic rings. The van der Waals surface area contributed by atoms with Crippen LogP contribution >= 0.6 is 11.8 Å². The summed E-state index contributed by atoms with van der Waals surface area (Å²) in [5, 5.41) is 19.3. The summed E-state index contributed by atoms with van der Waals surface area (Å²) in [5.74, 6) is -1.16. The Kier molecular flexibility index (Phi) is 3.46. The number of aliphatic carboxylic acids is 1. The minimum absolute atomic E-state index is 0.0311. The summed E-state index contributed by atoms with van der Waals surface area (Å²) in [6.45, 7) is 0.393. The van der Waals surface area contributed by atoms with Crippen LogP contribution in [0, 0.1) is 0 Å². The van der Waals surface area contributed by atoms with Crippen molar-refractivity contribution in [3.05, 3.63) is 22.1 Å². The van der Waals surface area contributed by atoms with Gasteiger partial charge in [-0.1, -0.05) is 11.8 Å². The third-order valence-electron chi connectivity index (χ3n) is 3.61. The van der Waals surface area contributed by atoms with Crippen LogP contribution in [0.3, 0.4) is 0 Å². The predicted molar refractivity (Wildman–Crippen MR) is 72.3 cm³/mol. The molecule has 0 bridgehead atoms. The molecule has 0 radical (unpaired) electrons. The Hall–Kier alpha value is -1.87. The van der Waals surface area contributed by atoms with Crippen LogP contribution in [0.25, 0.3) is 0 Å². The van der Waals surface area contributed by atoms with Gasteiger partial charge in [0.2, 0.25) is 0 Å². The number of aromatic nitrogens is 2. The number of carboxylic acid groups (broad SMARTS) is 1. The summed E-state index contributed by atoms with van der Waals surface area (Å²) in [7, 11) is 0. The number of nitrogens with zero attached hydrogens (tertiary/aromatic N) is 3. The number of aliphatic hydroxyl groups excluding tert-OH is 1. The smallest absolute Gasteiger partial charge is 0.326 e. The Bertz CT molecular complexity index is 673. The number of rotatable bonds is 2. The second kappa shape index (κ2) is 5.15.